The van der Waals surface area contributed by atoms with Gasteiger partial charge in [-0.05, 0) is 29.8 Å². The van der Waals surface area contributed by atoms with E-state index in [2.05, 4.69) is 0 Å². The lowest BCUT2D eigenvalue weighted by Gasteiger charge is -2.26. The van der Waals surface area contributed by atoms with Crippen LogP contribution in [0.3, 0.4) is 0 Å². The minimum Gasteiger partial charge on any atom is -0.393 e. The third-order valence-electron chi connectivity index (χ3n) is 2.95. The van der Waals surface area contributed by atoms with Crippen LogP contribution in [-0.2, 0) is 4.79 Å². The summed E-state index contributed by atoms with van der Waals surface area (Å²) in [6.45, 7) is -0.514. The lowest BCUT2D eigenvalue weighted by atomic mass is 9.84. The first kappa shape index (κ1) is 11.5. The van der Waals surface area contributed by atoms with Gasteiger partial charge < -0.3 is 10.2 Å². The molecule has 4 heteroatoms. The van der Waals surface area contributed by atoms with Crippen LogP contribution < -0.4 is 0 Å². The number of hydrogen-bond donors (Lipinski definition) is 2. The van der Waals surface area contributed by atoms with E-state index < -0.39 is 18.1 Å². The number of rotatable bonds is 2. The molecule has 4 nitrogen and oxygen atoms in total. The van der Waals surface area contributed by atoms with Gasteiger partial charge in [-0.15, -0.1) is 0 Å². The Balaban J connectivity index is 2.39. The van der Waals surface area contributed by atoms with Crippen molar-refractivity contribution in [2.45, 2.75) is 11.5 Å². The second kappa shape index (κ2) is 4.13. The Kier molecular flexibility index (Phi) is 2.80. The zero-order chi connectivity index (χ0) is 12.5. The lowest BCUT2D eigenvalue weighted by Crippen LogP contribution is -2.37. The maximum Gasteiger partial charge on any atom is 0.166 e. The van der Waals surface area contributed by atoms with Crippen LogP contribution in [0.5, 0.6) is 0 Å². The number of hydrogen-bond acceptors (Lipinski definition) is 4. The summed E-state index contributed by atoms with van der Waals surface area (Å²) in [6.07, 6.45) is 2.59. The number of nitriles is 1. The summed E-state index contributed by atoms with van der Waals surface area (Å²) in [6, 6.07) is 8.38. The van der Waals surface area contributed by atoms with Crippen LogP contribution in [0.1, 0.15) is 17.0 Å². The van der Waals surface area contributed by atoms with E-state index in [4.69, 9.17) is 10.4 Å². The Morgan fingerprint density at radius 3 is 2.53 bits per heavy atom. The minimum absolute atomic E-state index is 0.244. The number of aliphatic hydroxyl groups excluding tert-OH is 1. The van der Waals surface area contributed by atoms with Crippen molar-refractivity contribution in [3.05, 3.63) is 47.5 Å². The quantitative estimate of drug-likeness (QED) is 0.774. The van der Waals surface area contributed by atoms with Gasteiger partial charge in [0.2, 0.25) is 0 Å². The van der Waals surface area contributed by atoms with Crippen molar-refractivity contribution in [1.82, 2.24) is 0 Å². The summed E-state index contributed by atoms with van der Waals surface area (Å²) < 4.78 is 0. The first-order valence-corrected chi connectivity index (χ1v) is 5.17. The number of nitrogens with zero attached hydrogens (tertiary/aromatic N) is 1. The van der Waals surface area contributed by atoms with Gasteiger partial charge in [-0.3, -0.25) is 4.79 Å². The van der Waals surface area contributed by atoms with Crippen LogP contribution in [-0.4, -0.2) is 28.2 Å². The van der Waals surface area contributed by atoms with Crippen molar-refractivity contribution in [2.75, 3.05) is 6.61 Å². The Labute approximate surface area is 98.4 Å². The Bertz CT molecular complexity index is 512. The van der Waals surface area contributed by atoms with E-state index in [1.54, 1.807) is 24.3 Å². The van der Waals surface area contributed by atoms with Crippen molar-refractivity contribution in [3.8, 4) is 6.07 Å². The highest BCUT2D eigenvalue weighted by atomic mass is 16.3. The van der Waals surface area contributed by atoms with Gasteiger partial charge in [0.15, 0.2) is 5.78 Å². The molecule has 0 spiro atoms. The molecule has 1 aromatic carbocycles. The van der Waals surface area contributed by atoms with Crippen molar-refractivity contribution < 1.29 is 15.0 Å². The number of benzene rings is 1. The minimum atomic E-state index is -1.54. The van der Waals surface area contributed by atoms with Crippen LogP contribution in [0, 0.1) is 11.3 Å². The van der Waals surface area contributed by atoms with Crippen LogP contribution in [0.2, 0.25) is 0 Å². The van der Waals surface area contributed by atoms with E-state index in [1.165, 1.54) is 12.2 Å². The van der Waals surface area contributed by atoms with Gasteiger partial charge in [-0.25, -0.2) is 0 Å². The van der Waals surface area contributed by atoms with E-state index in [0.29, 0.717) is 11.1 Å². The molecule has 17 heavy (non-hydrogen) atoms. The second-order valence-corrected chi connectivity index (χ2v) is 4.05. The fourth-order valence-corrected chi connectivity index (χ4v) is 2.01. The molecule has 0 amide bonds. The highest BCUT2D eigenvalue weighted by Gasteiger charge is 2.43. The molecule has 2 atom stereocenters. The van der Waals surface area contributed by atoms with Crippen LogP contribution >= 0.6 is 0 Å². The van der Waals surface area contributed by atoms with E-state index in [9.17, 15) is 9.90 Å². The maximum absolute atomic E-state index is 11.7. The molecule has 1 aliphatic rings. The zero-order valence-corrected chi connectivity index (χ0v) is 9.00. The third kappa shape index (κ3) is 1.86. The van der Waals surface area contributed by atoms with Crippen molar-refractivity contribution in [2.24, 2.45) is 0 Å². The van der Waals surface area contributed by atoms with E-state index >= 15 is 0 Å². The summed E-state index contributed by atoms with van der Waals surface area (Å²) in [4.78, 5) is 11.7. The fourth-order valence-electron chi connectivity index (χ4n) is 2.01. The Morgan fingerprint density at radius 1 is 1.35 bits per heavy atom. The molecule has 2 N–H and O–H groups in total. The molecular weight excluding hydrogens is 218 g/mol. The largest absolute Gasteiger partial charge is 0.393 e. The number of ketones is 1. The van der Waals surface area contributed by atoms with Gasteiger partial charge in [0.05, 0.1) is 24.2 Å². The molecule has 0 radical (unpaired) electrons. The molecule has 0 fully saturated rings. The maximum atomic E-state index is 11.7. The molecule has 2 rings (SSSR count). The summed E-state index contributed by atoms with van der Waals surface area (Å²) >= 11 is 0. The van der Waals surface area contributed by atoms with Crippen molar-refractivity contribution in [3.63, 3.8) is 0 Å². The third-order valence-corrected chi connectivity index (χ3v) is 2.95. The Morgan fingerprint density at radius 2 is 2.00 bits per heavy atom. The van der Waals surface area contributed by atoms with E-state index in [0.717, 1.165) is 0 Å². The molecule has 1 aromatic rings. The molecule has 0 aromatic heterocycles. The second-order valence-electron chi connectivity index (χ2n) is 4.05. The highest BCUT2D eigenvalue weighted by Crippen LogP contribution is 2.35. The number of carbonyl (C=O) groups excluding carboxylic acids is 1. The smallest absolute Gasteiger partial charge is 0.166 e. The highest BCUT2D eigenvalue weighted by molar-refractivity contribution is 5.99. The number of aliphatic hydroxyl groups is 2. The summed E-state index contributed by atoms with van der Waals surface area (Å²) in [7, 11) is 0. The monoisotopic (exact) mass is 229 g/mol. The topological polar surface area (TPSA) is 81.3 Å². The van der Waals surface area contributed by atoms with Gasteiger partial charge >= 0.3 is 0 Å². The fraction of sp³-hybridized carbons (Fsp3) is 0.231. The molecule has 0 bridgehead atoms. The van der Waals surface area contributed by atoms with Gasteiger partial charge in [-0.2, -0.15) is 5.26 Å². The zero-order valence-electron chi connectivity index (χ0n) is 9.00. The van der Waals surface area contributed by atoms with E-state index in [-0.39, 0.29) is 5.78 Å². The normalized spacial score (nSPS) is 27.1. The van der Waals surface area contributed by atoms with Gasteiger partial charge in [-0.1, -0.05) is 12.1 Å². The lowest BCUT2D eigenvalue weighted by molar-refractivity contribution is -0.119. The molecule has 1 aliphatic carbocycles. The van der Waals surface area contributed by atoms with Gasteiger partial charge in [0.1, 0.15) is 5.60 Å². The number of carbonyl (C=O) groups is 1. The Hall–Kier alpha value is -1.96. The molecule has 1 unspecified atom stereocenters. The summed E-state index contributed by atoms with van der Waals surface area (Å²) in [5.74, 6) is -1.04. The first-order valence-electron chi connectivity index (χ1n) is 5.17. The molecular formula is C13H11NO3. The molecule has 0 saturated carbocycles. The predicted molar refractivity (Wildman–Crippen MR) is 60.1 cm³/mol. The SMILES string of the molecule is N#Cc1ccc(C2C(=O)C=C[C@@]2(O)CO)cc1. The molecule has 0 saturated heterocycles. The average Bonchev–Trinajstić information content (AvgIpc) is 2.66. The molecule has 0 aliphatic heterocycles. The number of allylic oxidation sites excluding steroid dienone is 1. The summed E-state index contributed by atoms with van der Waals surface area (Å²) in [5.41, 5.74) is -0.458. The van der Waals surface area contributed by atoms with Gasteiger partial charge in [0.25, 0.3) is 0 Å². The van der Waals surface area contributed by atoms with E-state index in [1.807, 2.05) is 6.07 Å². The average molecular weight is 229 g/mol. The van der Waals surface area contributed by atoms with Crippen molar-refractivity contribution >= 4 is 5.78 Å². The predicted octanol–water partition coefficient (Wildman–Crippen LogP) is 0.504. The molecule has 0 heterocycles. The summed E-state index contributed by atoms with van der Waals surface area (Å²) in [5, 5.41) is 27.9. The van der Waals surface area contributed by atoms with Crippen LogP contribution in [0.4, 0.5) is 0 Å². The standard InChI is InChI=1S/C13H11NO3/c14-7-9-1-3-10(4-2-9)12-11(16)5-6-13(12,17)8-15/h1-6,12,15,17H,8H2/t12?,13-/m1/s1. The van der Waals surface area contributed by atoms with Gasteiger partial charge in [0, 0.05) is 0 Å². The first-order chi connectivity index (χ1) is 8.10. The van der Waals surface area contributed by atoms with Crippen molar-refractivity contribution in [1.29, 1.82) is 5.26 Å². The van der Waals surface area contributed by atoms with Crippen LogP contribution in [0.15, 0.2) is 36.4 Å². The van der Waals surface area contributed by atoms with Crippen LogP contribution in [0.25, 0.3) is 0 Å². The molecule has 86 valence electrons.